The number of nitrogens with zero attached hydrogens (tertiary/aromatic N) is 1. The summed E-state index contributed by atoms with van der Waals surface area (Å²) in [4.78, 5) is 25.0. The Kier molecular flexibility index (Phi) is 6.36. The molecule has 6 nitrogen and oxygen atoms in total. The number of carbonyl (C=O) groups is 2. The molecule has 2 N–H and O–H groups in total. The third kappa shape index (κ3) is 4.34. The van der Waals surface area contributed by atoms with E-state index in [1.807, 2.05) is 0 Å². The molecule has 8 heteroatoms. The van der Waals surface area contributed by atoms with Crippen LogP contribution in [0, 0.1) is 0 Å². The lowest BCUT2D eigenvalue weighted by molar-refractivity contribution is -0.145. The van der Waals surface area contributed by atoms with Crippen molar-refractivity contribution in [1.29, 1.82) is 0 Å². The largest absolute Gasteiger partial charge is 0.479 e. The zero-order chi connectivity index (χ0) is 17.7. The van der Waals surface area contributed by atoms with Crippen LogP contribution in [-0.4, -0.2) is 50.6 Å². The van der Waals surface area contributed by atoms with Gasteiger partial charge in [0.25, 0.3) is 5.91 Å². The van der Waals surface area contributed by atoms with Gasteiger partial charge in [-0.05, 0) is 30.2 Å². The minimum Gasteiger partial charge on any atom is -0.479 e. The van der Waals surface area contributed by atoms with E-state index >= 15 is 0 Å². The van der Waals surface area contributed by atoms with Gasteiger partial charge in [0, 0.05) is 0 Å². The molecular weight excluding hydrogens is 350 g/mol. The van der Waals surface area contributed by atoms with Gasteiger partial charge in [-0.25, -0.2) is 4.79 Å². The summed E-state index contributed by atoms with van der Waals surface area (Å²) >= 11 is 6.31. The van der Waals surface area contributed by atoms with Crippen molar-refractivity contribution in [2.45, 2.75) is 19.4 Å². The van der Waals surface area contributed by atoms with Crippen molar-refractivity contribution in [2.24, 2.45) is 0 Å². The van der Waals surface area contributed by atoms with Gasteiger partial charge in [0.2, 0.25) is 0 Å². The molecule has 24 heavy (non-hydrogen) atoms. The predicted octanol–water partition coefficient (Wildman–Crippen LogP) is 2.12. The molecule has 0 radical (unpaired) electrons. The topological polar surface area (TPSA) is 87.1 Å². The highest BCUT2D eigenvalue weighted by Crippen LogP contribution is 2.32. The lowest BCUT2D eigenvalue weighted by Gasteiger charge is -2.13. The standard InChI is InChI=1S/C16H17NO5S2/c1-2-12(15(20)21)22-11-5-3-10(4-6-11)9-13-14(19)17(7-8-18)16(23)24-13/h3-6,9,12,18H,2,7-8H2,1H3,(H,20,21)/b13-9-. The number of thiocarbonyl (C=S) groups is 1. The van der Waals surface area contributed by atoms with Crippen molar-refractivity contribution in [2.75, 3.05) is 13.2 Å². The first-order valence-corrected chi connectivity index (χ1v) is 8.54. The lowest BCUT2D eigenvalue weighted by Crippen LogP contribution is -2.30. The van der Waals surface area contributed by atoms with Crippen molar-refractivity contribution >= 4 is 46.3 Å². The number of thioether (sulfide) groups is 1. The third-order valence-electron chi connectivity index (χ3n) is 3.30. The van der Waals surface area contributed by atoms with Crippen molar-refractivity contribution in [3.8, 4) is 5.75 Å². The molecule has 1 aromatic rings. The van der Waals surface area contributed by atoms with E-state index in [1.54, 1.807) is 37.3 Å². The molecule has 128 valence electrons. The molecule has 1 atom stereocenters. The van der Waals surface area contributed by atoms with Gasteiger partial charge in [0.1, 0.15) is 10.1 Å². The number of amides is 1. The van der Waals surface area contributed by atoms with Crippen LogP contribution in [0.15, 0.2) is 29.2 Å². The van der Waals surface area contributed by atoms with Crippen LogP contribution in [0.2, 0.25) is 0 Å². The molecule has 0 aliphatic carbocycles. The van der Waals surface area contributed by atoms with E-state index in [0.29, 0.717) is 21.4 Å². The number of hydrogen-bond acceptors (Lipinski definition) is 6. The summed E-state index contributed by atoms with van der Waals surface area (Å²) in [5.74, 6) is -0.778. The van der Waals surface area contributed by atoms with Gasteiger partial charge in [0.15, 0.2) is 6.10 Å². The maximum Gasteiger partial charge on any atom is 0.344 e. The van der Waals surface area contributed by atoms with Crippen LogP contribution in [-0.2, 0) is 9.59 Å². The summed E-state index contributed by atoms with van der Waals surface area (Å²) in [5.41, 5.74) is 0.773. The molecule has 1 amide bonds. The number of aliphatic hydroxyl groups excluding tert-OH is 1. The van der Waals surface area contributed by atoms with Gasteiger partial charge in [-0.15, -0.1) is 0 Å². The number of rotatable bonds is 7. The fourth-order valence-electron chi connectivity index (χ4n) is 2.06. The van der Waals surface area contributed by atoms with E-state index in [2.05, 4.69) is 0 Å². The highest BCUT2D eigenvalue weighted by atomic mass is 32.2. The predicted molar refractivity (Wildman–Crippen MR) is 95.7 cm³/mol. The first-order valence-electron chi connectivity index (χ1n) is 7.32. The van der Waals surface area contributed by atoms with E-state index in [0.717, 1.165) is 5.56 Å². The van der Waals surface area contributed by atoms with Crippen LogP contribution < -0.4 is 4.74 Å². The molecular formula is C16H17NO5S2. The van der Waals surface area contributed by atoms with E-state index in [4.69, 9.17) is 27.2 Å². The summed E-state index contributed by atoms with van der Waals surface area (Å²) in [6.45, 7) is 1.78. The highest BCUT2D eigenvalue weighted by Gasteiger charge is 2.31. The second kappa shape index (κ2) is 8.27. The second-order valence-corrected chi connectivity index (χ2v) is 6.65. The Labute approximate surface area is 149 Å². The SMILES string of the molecule is CCC(Oc1ccc(/C=C2\SC(=S)N(CCO)C2=O)cc1)C(=O)O. The Bertz CT molecular complexity index is 672. The molecule has 1 saturated heterocycles. The van der Waals surface area contributed by atoms with E-state index in [1.165, 1.54) is 16.7 Å². The number of hydrogen-bond donors (Lipinski definition) is 2. The van der Waals surface area contributed by atoms with Gasteiger partial charge in [0.05, 0.1) is 18.1 Å². The maximum atomic E-state index is 12.2. The second-order valence-electron chi connectivity index (χ2n) is 4.98. The van der Waals surface area contributed by atoms with Gasteiger partial charge >= 0.3 is 5.97 Å². The molecule has 1 aromatic carbocycles. The molecule has 1 heterocycles. The summed E-state index contributed by atoms with van der Waals surface area (Å²) in [6, 6.07) is 6.79. The number of carboxylic acids is 1. The molecule has 0 spiro atoms. The van der Waals surface area contributed by atoms with E-state index < -0.39 is 12.1 Å². The van der Waals surface area contributed by atoms with Crippen LogP contribution in [0.1, 0.15) is 18.9 Å². The van der Waals surface area contributed by atoms with Crippen LogP contribution in [0.4, 0.5) is 0 Å². The molecule has 1 aliphatic heterocycles. The number of benzene rings is 1. The summed E-state index contributed by atoms with van der Waals surface area (Å²) in [6.07, 6.45) is 1.19. The molecule has 2 rings (SSSR count). The Morgan fingerprint density at radius 1 is 1.42 bits per heavy atom. The average Bonchev–Trinajstić information content (AvgIpc) is 2.81. The van der Waals surface area contributed by atoms with Crippen LogP contribution in [0.3, 0.4) is 0 Å². The highest BCUT2D eigenvalue weighted by molar-refractivity contribution is 8.26. The smallest absolute Gasteiger partial charge is 0.344 e. The molecule has 1 aliphatic rings. The van der Waals surface area contributed by atoms with Crippen molar-refractivity contribution in [1.82, 2.24) is 4.90 Å². The Morgan fingerprint density at radius 2 is 2.08 bits per heavy atom. The maximum absolute atomic E-state index is 12.2. The first-order chi connectivity index (χ1) is 11.5. The molecule has 0 aromatic heterocycles. The fraction of sp³-hybridized carbons (Fsp3) is 0.312. The molecule has 1 unspecified atom stereocenters. The lowest BCUT2D eigenvalue weighted by atomic mass is 10.2. The van der Waals surface area contributed by atoms with Crippen molar-refractivity contribution in [3.05, 3.63) is 34.7 Å². The molecule has 1 fully saturated rings. The van der Waals surface area contributed by atoms with Crippen LogP contribution >= 0.6 is 24.0 Å². The summed E-state index contributed by atoms with van der Waals surface area (Å²) < 4.78 is 5.81. The Balaban J connectivity index is 2.10. The fourth-order valence-corrected chi connectivity index (χ4v) is 3.37. The third-order valence-corrected chi connectivity index (χ3v) is 4.68. The Hall–Kier alpha value is -1.90. The van der Waals surface area contributed by atoms with Crippen molar-refractivity contribution < 1.29 is 24.5 Å². The number of aliphatic hydroxyl groups is 1. The van der Waals surface area contributed by atoms with Crippen molar-refractivity contribution in [3.63, 3.8) is 0 Å². The quantitative estimate of drug-likeness (QED) is 0.564. The average molecular weight is 367 g/mol. The van der Waals surface area contributed by atoms with E-state index in [-0.39, 0.29) is 19.1 Å². The summed E-state index contributed by atoms with van der Waals surface area (Å²) in [5, 5.41) is 18.0. The van der Waals surface area contributed by atoms with E-state index in [9.17, 15) is 9.59 Å². The van der Waals surface area contributed by atoms with Crippen LogP contribution in [0.5, 0.6) is 5.75 Å². The number of carboxylic acid groups (broad SMARTS) is 1. The van der Waals surface area contributed by atoms with Gasteiger partial charge in [-0.3, -0.25) is 9.69 Å². The van der Waals surface area contributed by atoms with Gasteiger partial charge in [-0.2, -0.15) is 0 Å². The number of carbonyl (C=O) groups excluding carboxylic acids is 1. The zero-order valence-corrected chi connectivity index (χ0v) is 14.6. The van der Waals surface area contributed by atoms with Crippen LogP contribution in [0.25, 0.3) is 6.08 Å². The normalized spacial score (nSPS) is 17.4. The number of ether oxygens (including phenoxy) is 1. The van der Waals surface area contributed by atoms with Gasteiger partial charge in [-0.1, -0.05) is 43.0 Å². The minimum absolute atomic E-state index is 0.145. The zero-order valence-electron chi connectivity index (χ0n) is 13.0. The van der Waals surface area contributed by atoms with Gasteiger partial charge < -0.3 is 14.9 Å². The number of aliphatic carboxylic acids is 1. The Morgan fingerprint density at radius 3 is 2.62 bits per heavy atom. The minimum atomic E-state index is -1.01. The summed E-state index contributed by atoms with van der Waals surface area (Å²) in [7, 11) is 0. The molecule has 0 saturated carbocycles. The first kappa shape index (κ1) is 18.4. The molecule has 0 bridgehead atoms. The monoisotopic (exact) mass is 367 g/mol. The number of β-amino-alcohol motifs (C(OH)–C–C–N with tert-alkyl or cyclic N) is 1.